The molecule has 0 radical (unpaired) electrons. The van der Waals surface area contributed by atoms with Gasteiger partial charge in [0.2, 0.25) is 0 Å². The fourth-order valence-electron chi connectivity index (χ4n) is 0.998. The van der Waals surface area contributed by atoms with Gasteiger partial charge in [-0.2, -0.15) is 0 Å². The third-order valence-corrected chi connectivity index (χ3v) is 1.88. The maximum atomic E-state index is 11.2. The Balaban J connectivity index is 3.80. The Hall–Kier alpha value is -1.52. The highest BCUT2D eigenvalue weighted by Crippen LogP contribution is 1.92. The summed E-state index contributed by atoms with van der Waals surface area (Å²) >= 11 is 0. The van der Waals surface area contributed by atoms with Crippen molar-refractivity contribution < 1.29 is 19.1 Å². The highest BCUT2D eigenvalue weighted by atomic mass is 16.5. The third-order valence-electron chi connectivity index (χ3n) is 1.88. The van der Waals surface area contributed by atoms with E-state index >= 15 is 0 Å². The highest BCUT2D eigenvalue weighted by Gasteiger charge is 2.05. The van der Waals surface area contributed by atoms with Gasteiger partial charge < -0.3 is 14.8 Å². The highest BCUT2D eigenvalue weighted by molar-refractivity contribution is 5.82. The first kappa shape index (κ1) is 15.5. The number of ether oxygens (including phenoxy) is 2. The molecule has 0 aromatic rings. The molecule has 0 rings (SSSR count). The molecule has 0 aliphatic rings. The minimum atomic E-state index is -0.473. The molecule has 0 aliphatic carbocycles. The van der Waals surface area contributed by atoms with E-state index < -0.39 is 12.1 Å². The molecule has 0 spiro atoms. The maximum Gasteiger partial charge on any atom is 0.407 e. The summed E-state index contributed by atoms with van der Waals surface area (Å²) in [5.41, 5.74) is 0. The van der Waals surface area contributed by atoms with E-state index in [9.17, 15) is 9.59 Å². The van der Waals surface area contributed by atoms with Crippen molar-refractivity contribution in [1.29, 1.82) is 0 Å². The summed E-state index contributed by atoms with van der Waals surface area (Å²) in [6.07, 6.45) is 4.20. The lowest BCUT2D eigenvalue weighted by Crippen LogP contribution is -2.32. The molecule has 5 heteroatoms. The van der Waals surface area contributed by atoms with Gasteiger partial charge >= 0.3 is 12.1 Å². The van der Waals surface area contributed by atoms with Gasteiger partial charge in [0.15, 0.2) is 0 Å². The minimum Gasteiger partial charge on any atom is -0.463 e. The van der Waals surface area contributed by atoms with Gasteiger partial charge in [-0.05, 0) is 20.3 Å². The number of carbonyl (C=O) groups excluding carboxylic acids is 2. The number of carbonyl (C=O) groups is 2. The molecule has 0 aromatic carbocycles. The van der Waals surface area contributed by atoms with Crippen molar-refractivity contribution in [1.82, 2.24) is 5.32 Å². The SMILES string of the molecule is CCCCOC(=O)N[C@H](C)C=CC(=O)OCC. The molecule has 5 nitrogen and oxygen atoms in total. The number of unbranched alkanes of at least 4 members (excludes halogenated alkanes) is 1. The van der Waals surface area contributed by atoms with E-state index in [0.29, 0.717) is 13.2 Å². The lowest BCUT2D eigenvalue weighted by molar-refractivity contribution is -0.137. The first-order valence-electron chi connectivity index (χ1n) is 5.88. The number of nitrogens with one attached hydrogen (secondary N) is 1. The first-order chi connectivity index (χ1) is 8.10. The monoisotopic (exact) mass is 243 g/mol. The molecule has 17 heavy (non-hydrogen) atoms. The third kappa shape index (κ3) is 9.41. The van der Waals surface area contributed by atoms with Gasteiger partial charge in [-0.3, -0.25) is 0 Å². The van der Waals surface area contributed by atoms with Gasteiger partial charge in [0, 0.05) is 12.1 Å². The molecule has 0 bridgehead atoms. The standard InChI is InChI=1S/C12H21NO4/c1-4-6-9-17-12(15)13-10(3)7-8-11(14)16-5-2/h7-8,10H,4-6,9H2,1-3H3,(H,13,15)/t10-/m1/s1. The van der Waals surface area contributed by atoms with Crippen LogP contribution in [-0.4, -0.2) is 31.3 Å². The molecule has 1 atom stereocenters. The van der Waals surface area contributed by atoms with Gasteiger partial charge in [-0.15, -0.1) is 0 Å². The minimum absolute atomic E-state index is 0.270. The van der Waals surface area contributed by atoms with Crippen LogP contribution >= 0.6 is 0 Å². The average molecular weight is 243 g/mol. The van der Waals surface area contributed by atoms with Crippen LogP contribution < -0.4 is 5.32 Å². The van der Waals surface area contributed by atoms with Crippen molar-refractivity contribution in [3.63, 3.8) is 0 Å². The van der Waals surface area contributed by atoms with E-state index in [1.54, 1.807) is 19.9 Å². The summed E-state index contributed by atoms with van der Waals surface area (Å²) < 4.78 is 9.61. The van der Waals surface area contributed by atoms with Gasteiger partial charge in [0.1, 0.15) is 0 Å². The van der Waals surface area contributed by atoms with Gasteiger partial charge in [-0.1, -0.05) is 19.4 Å². The van der Waals surface area contributed by atoms with E-state index in [0.717, 1.165) is 12.8 Å². The van der Waals surface area contributed by atoms with Gasteiger partial charge in [0.05, 0.1) is 13.2 Å². The number of esters is 1. The Morgan fingerprint density at radius 3 is 2.59 bits per heavy atom. The van der Waals surface area contributed by atoms with Gasteiger partial charge in [-0.25, -0.2) is 9.59 Å². The molecular formula is C12H21NO4. The van der Waals surface area contributed by atoms with Crippen LogP contribution in [0.4, 0.5) is 4.79 Å². The van der Waals surface area contributed by atoms with Crippen molar-refractivity contribution >= 4 is 12.1 Å². The molecule has 0 heterocycles. The fourth-order valence-corrected chi connectivity index (χ4v) is 0.998. The largest absolute Gasteiger partial charge is 0.463 e. The number of alkyl carbamates (subject to hydrolysis) is 1. The van der Waals surface area contributed by atoms with Crippen molar-refractivity contribution in [3.05, 3.63) is 12.2 Å². The molecule has 0 fully saturated rings. The Kier molecular flexibility index (Phi) is 8.82. The van der Waals surface area contributed by atoms with Crippen molar-refractivity contribution in [2.75, 3.05) is 13.2 Å². The summed E-state index contributed by atoms with van der Waals surface area (Å²) in [6.45, 7) is 6.25. The second-order valence-electron chi connectivity index (χ2n) is 3.53. The van der Waals surface area contributed by atoms with Crippen LogP contribution in [0.25, 0.3) is 0 Å². The van der Waals surface area contributed by atoms with Gasteiger partial charge in [0.25, 0.3) is 0 Å². The maximum absolute atomic E-state index is 11.2. The molecule has 0 saturated heterocycles. The van der Waals surface area contributed by atoms with E-state index in [2.05, 4.69) is 5.32 Å². The average Bonchev–Trinajstić information content (AvgIpc) is 2.27. The number of amides is 1. The van der Waals surface area contributed by atoms with E-state index in [1.807, 2.05) is 6.92 Å². The zero-order valence-corrected chi connectivity index (χ0v) is 10.7. The Labute approximate surface area is 102 Å². The van der Waals surface area contributed by atoms with Crippen LogP contribution in [0.15, 0.2) is 12.2 Å². The summed E-state index contributed by atoms with van der Waals surface area (Å²) in [4.78, 5) is 22.2. The zero-order chi connectivity index (χ0) is 13.1. The number of hydrogen-bond donors (Lipinski definition) is 1. The lowest BCUT2D eigenvalue weighted by atomic mass is 10.3. The predicted octanol–water partition coefficient (Wildman–Crippen LogP) is 2.02. The second-order valence-corrected chi connectivity index (χ2v) is 3.53. The van der Waals surface area contributed by atoms with E-state index in [4.69, 9.17) is 9.47 Å². The van der Waals surface area contributed by atoms with Crippen LogP contribution in [0.1, 0.15) is 33.6 Å². The van der Waals surface area contributed by atoms with Crippen molar-refractivity contribution in [2.45, 2.75) is 39.7 Å². The van der Waals surface area contributed by atoms with Crippen LogP contribution in [-0.2, 0) is 14.3 Å². The second kappa shape index (κ2) is 9.69. The zero-order valence-electron chi connectivity index (χ0n) is 10.7. The van der Waals surface area contributed by atoms with E-state index in [-0.39, 0.29) is 6.04 Å². The predicted molar refractivity (Wildman–Crippen MR) is 64.6 cm³/mol. The molecule has 0 aliphatic heterocycles. The smallest absolute Gasteiger partial charge is 0.407 e. The molecule has 98 valence electrons. The Morgan fingerprint density at radius 1 is 1.29 bits per heavy atom. The number of rotatable bonds is 7. The first-order valence-corrected chi connectivity index (χ1v) is 5.88. The summed E-state index contributed by atoms with van der Waals surface area (Å²) in [6, 6.07) is -0.270. The number of hydrogen-bond acceptors (Lipinski definition) is 4. The van der Waals surface area contributed by atoms with Crippen LogP contribution in [0.3, 0.4) is 0 Å². The summed E-state index contributed by atoms with van der Waals surface area (Å²) in [7, 11) is 0. The molecule has 0 saturated carbocycles. The molecule has 1 amide bonds. The van der Waals surface area contributed by atoms with Crippen molar-refractivity contribution in [2.24, 2.45) is 0 Å². The Bertz CT molecular complexity index is 263. The fraction of sp³-hybridized carbons (Fsp3) is 0.667. The van der Waals surface area contributed by atoms with Crippen LogP contribution in [0.5, 0.6) is 0 Å². The molecule has 0 aromatic heterocycles. The quantitative estimate of drug-likeness (QED) is 0.422. The summed E-state index contributed by atoms with van der Waals surface area (Å²) in [5, 5.41) is 2.58. The van der Waals surface area contributed by atoms with Crippen LogP contribution in [0.2, 0.25) is 0 Å². The molecular weight excluding hydrogens is 222 g/mol. The van der Waals surface area contributed by atoms with Crippen molar-refractivity contribution in [3.8, 4) is 0 Å². The molecule has 0 unspecified atom stereocenters. The normalized spacial score (nSPS) is 12.2. The summed E-state index contributed by atoms with van der Waals surface area (Å²) in [5.74, 6) is -0.416. The Morgan fingerprint density at radius 2 is 2.00 bits per heavy atom. The topological polar surface area (TPSA) is 64.6 Å². The van der Waals surface area contributed by atoms with E-state index in [1.165, 1.54) is 6.08 Å². The van der Waals surface area contributed by atoms with Crippen LogP contribution in [0, 0.1) is 0 Å². The molecule has 1 N–H and O–H groups in total. The lowest BCUT2D eigenvalue weighted by Gasteiger charge is -2.09.